The Kier molecular flexibility index (Phi) is 4.80. The zero-order valence-corrected chi connectivity index (χ0v) is 9.80. The van der Waals surface area contributed by atoms with Crippen LogP contribution in [0, 0.1) is 10.1 Å². The summed E-state index contributed by atoms with van der Waals surface area (Å²) in [6.07, 6.45) is 1.21. The van der Waals surface area contributed by atoms with Crippen molar-refractivity contribution in [3.05, 3.63) is 28.1 Å². The van der Waals surface area contributed by atoms with Gasteiger partial charge in [0, 0.05) is 19.7 Å². The van der Waals surface area contributed by atoms with Gasteiger partial charge in [-0.1, -0.05) is 0 Å². The Morgan fingerprint density at radius 2 is 2.35 bits per heavy atom. The third-order valence-electron chi connectivity index (χ3n) is 2.27. The Hall–Kier alpha value is -1.73. The zero-order valence-electron chi connectivity index (χ0n) is 9.80. The van der Waals surface area contributed by atoms with E-state index >= 15 is 0 Å². The van der Waals surface area contributed by atoms with E-state index in [2.05, 4.69) is 4.98 Å². The molecule has 1 aromatic rings. The minimum Gasteiger partial charge on any atom is -0.383 e. The molecule has 0 spiro atoms. The van der Waals surface area contributed by atoms with Crippen LogP contribution in [0.3, 0.4) is 0 Å². The molecule has 7 heteroatoms. The van der Waals surface area contributed by atoms with Crippen LogP contribution in [0.2, 0.25) is 0 Å². The van der Waals surface area contributed by atoms with E-state index in [1.165, 1.54) is 12.3 Å². The molecule has 0 amide bonds. The SMILES string of the molecule is COCCN(C)CC(=O)c1cc([N+](=O)[O-])c[nH]1. The molecule has 94 valence electrons. The largest absolute Gasteiger partial charge is 0.383 e. The Labute approximate surface area is 98.5 Å². The number of nitrogens with zero attached hydrogens (tertiary/aromatic N) is 2. The maximum absolute atomic E-state index is 11.7. The fourth-order valence-electron chi connectivity index (χ4n) is 1.31. The minimum atomic E-state index is -0.540. The smallest absolute Gasteiger partial charge is 0.287 e. The molecule has 0 atom stereocenters. The first-order chi connectivity index (χ1) is 8.04. The number of Topliss-reactive ketones (excluding diaryl/α,β-unsaturated/α-hetero) is 1. The summed E-state index contributed by atoms with van der Waals surface area (Å²) in [5, 5.41) is 10.4. The molecule has 0 saturated carbocycles. The number of ketones is 1. The van der Waals surface area contributed by atoms with Crippen LogP contribution in [0.4, 0.5) is 5.69 Å². The van der Waals surface area contributed by atoms with Gasteiger partial charge in [0.15, 0.2) is 5.78 Å². The van der Waals surface area contributed by atoms with Crippen molar-refractivity contribution in [1.29, 1.82) is 0 Å². The first-order valence-electron chi connectivity index (χ1n) is 5.08. The van der Waals surface area contributed by atoms with E-state index in [4.69, 9.17) is 4.74 Å². The Balaban J connectivity index is 2.54. The number of methoxy groups -OCH3 is 1. The number of likely N-dealkylation sites (N-methyl/N-ethyl adjacent to an activating group) is 1. The van der Waals surface area contributed by atoms with Crippen LogP contribution in [-0.2, 0) is 4.74 Å². The van der Waals surface area contributed by atoms with Gasteiger partial charge in [0.05, 0.1) is 30.0 Å². The monoisotopic (exact) mass is 241 g/mol. The second-order valence-electron chi connectivity index (χ2n) is 3.68. The van der Waals surface area contributed by atoms with Crippen molar-refractivity contribution in [3.63, 3.8) is 0 Å². The number of H-pyrrole nitrogens is 1. The topological polar surface area (TPSA) is 88.5 Å². The van der Waals surface area contributed by atoms with Gasteiger partial charge in [0.1, 0.15) is 0 Å². The summed E-state index contributed by atoms with van der Waals surface area (Å²) in [6.45, 7) is 1.36. The Morgan fingerprint density at radius 1 is 1.65 bits per heavy atom. The molecule has 0 aromatic carbocycles. The highest BCUT2D eigenvalue weighted by atomic mass is 16.6. The number of carbonyl (C=O) groups is 1. The predicted octanol–water partition coefficient (Wildman–Crippen LogP) is 0.684. The molecule has 0 aliphatic heterocycles. The molecule has 0 saturated heterocycles. The van der Waals surface area contributed by atoms with Gasteiger partial charge in [-0.25, -0.2) is 0 Å². The van der Waals surface area contributed by atoms with Gasteiger partial charge in [-0.15, -0.1) is 0 Å². The lowest BCUT2D eigenvalue weighted by Crippen LogP contribution is -2.29. The van der Waals surface area contributed by atoms with Crippen LogP contribution in [-0.4, -0.2) is 54.4 Å². The van der Waals surface area contributed by atoms with E-state index in [0.29, 0.717) is 13.2 Å². The number of carbonyl (C=O) groups excluding carboxylic acids is 1. The van der Waals surface area contributed by atoms with Gasteiger partial charge in [0.25, 0.3) is 5.69 Å². The van der Waals surface area contributed by atoms with Crippen LogP contribution in [0.5, 0.6) is 0 Å². The highest BCUT2D eigenvalue weighted by Crippen LogP contribution is 2.12. The number of nitro groups is 1. The normalized spacial score (nSPS) is 10.8. The summed E-state index contributed by atoms with van der Waals surface area (Å²) in [7, 11) is 3.37. The van der Waals surface area contributed by atoms with E-state index in [1.54, 1.807) is 19.1 Å². The number of aromatic amines is 1. The molecular formula is C10H15N3O4. The molecule has 17 heavy (non-hydrogen) atoms. The maximum Gasteiger partial charge on any atom is 0.287 e. The molecule has 0 fully saturated rings. The van der Waals surface area contributed by atoms with E-state index in [0.717, 1.165) is 0 Å². The summed E-state index contributed by atoms with van der Waals surface area (Å²) in [5.74, 6) is -0.184. The molecule has 1 N–H and O–H groups in total. The van der Waals surface area contributed by atoms with Crippen molar-refractivity contribution >= 4 is 11.5 Å². The van der Waals surface area contributed by atoms with Crippen LogP contribution in [0.15, 0.2) is 12.3 Å². The van der Waals surface area contributed by atoms with Gasteiger partial charge in [-0.3, -0.25) is 19.8 Å². The number of hydrogen-bond acceptors (Lipinski definition) is 5. The Bertz CT molecular complexity index is 402. The molecule has 0 aliphatic rings. The molecule has 0 unspecified atom stereocenters. The Morgan fingerprint density at radius 3 is 2.88 bits per heavy atom. The quantitative estimate of drug-likeness (QED) is 0.431. The first-order valence-corrected chi connectivity index (χ1v) is 5.08. The average molecular weight is 241 g/mol. The van der Waals surface area contributed by atoms with Crippen LogP contribution >= 0.6 is 0 Å². The highest BCUT2D eigenvalue weighted by Gasteiger charge is 2.15. The minimum absolute atomic E-state index is 0.104. The lowest BCUT2D eigenvalue weighted by Gasteiger charge is -2.13. The van der Waals surface area contributed by atoms with Gasteiger partial charge in [-0.2, -0.15) is 0 Å². The predicted molar refractivity (Wildman–Crippen MR) is 61.2 cm³/mol. The van der Waals surface area contributed by atoms with Crippen molar-refractivity contribution in [2.75, 3.05) is 33.9 Å². The number of ether oxygens (including phenoxy) is 1. The second kappa shape index (κ2) is 6.12. The summed E-state index contributed by atoms with van der Waals surface area (Å²) in [5.41, 5.74) is 0.147. The van der Waals surface area contributed by atoms with E-state index < -0.39 is 4.92 Å². The molecule has 1 heterocycles. The summed E-state index contributed by atoms with van der Waals surface area (Å²) < 4.78 is 4.89. The first kappa shape index (κ1) is 13.3. The third-order valence-corrected chi connectivity index (χ3v) is 2.27. The van der Waals surface area contributed by atoms with Crippen molar-refractivity contribution in [2.45, 2.75) is 0 Å². The van der Waals surface area contributed by atoms with Crippen LogP contribution in [0.25, 0.3) is 0 Å². The van der Waals surface area contributed by atoms with Crippen molar-refractivity contribution in [2.24, 2.45) is 0 Å². The molecule has 1 aromatic heterocycles. The second-order valence-corrected chi connectivity index (χ2v) is 3.68. The van der Waals surface area contributed by atoms with Gasteiger partial charge in [0.2, 0.25) is 0 Å². The number of hydrogen-bond donors (Lipinski definition) is 1. The lowest BCUT2D eigenvalue weighted by molar-refractivity contribution is -0.384. The number of nitrogens with one attached hydrogen (secondary N) is 1. The van der Waals surface area contributed by atoms with Crippen molar-refractivity contribution in [3.8, 4) is 0 Å². The summed E-state index contributed by atoms with van der Waals surface area (Å²) in [4.78, 5) is 26.0. The van der Waals surface area contributed by atoms with Gasteiger partial charge < -0.3 is 9.72 Å². The average Bonchev–Trinajstić information content (AvgIpc) is 2.75. The molecule has 0 bridgehead atoms. The number of rotatable bonds is 7. The third kappa shape index (κ3) is 3.97. The molecule has 1 rings (SSSR count). The van der Waals surface area contributed by atoms with E-state index in [9.17, 15) is 14.9 Å². The molecule has 0 radical (unpaired) electrons. The highest BCUT2D eigenvalue weighted by molar-refractivity contribution is 5.96. The lowest BCUT2D eigenvalue weighted by atomic mass is 10.2. The van der Waals surface area contributed by atoms with Gasteiger partial charge >= 0.3 is 0 Å². The fourth-order valence-corrected chi connectivity index (χ4v) is 1.31. The van der Waals surface area contributed by atoms with E-state index in [-0.39, 0.29) is 23.7 Å². The standard InChI is InChI=1S/C10H15N3O4/c1-12(3-4-17-2)7-10(14)9-5-8(6-11-9)13(15)16/h5-6,11H,3-4,7H2,1-2H3. The fraction of sp³-hybridized carbons (Fsp3) is 0.500. The van der Waals surface area contributed by atoms with Crippen molar-refractivity contribution in [1.82, 2.24) is 9.88 Å². The summed E-state index contributed by atoms with van der Waals surface area (Å²) in [6, 6.07) is 1.24. The maximum atomic E-state index is 11.7. The van der Waals surface area contributed by atoms with Gasteiger partial charge in [-0.05, 0) is 7.05 Å². The van der Waals surface area contributed by atoms with E-state index in [1.807, 2.05) is 0 Å². The van der Waals surface area contributed by atoms with Crippen molar-refractivity contribution < 1.29 is 14.5 Å². The number of aromatic nitrogens is 1. The molecule has 7 nitrogen and oxygen atoms in total. The zero-order chi connectivity index (χ0) is 12.8. The van der Waals surface area contributed by atoms with Crippen LogP contribution in [0.1, 0.15) is 10.5 Å². The molecular weight excluding hydrogens is 226 g/mol. The summed E-state index contributed by atoms with van der Waals surface area (Å²) >= 11 is 0. The van der Waals surface area contributed by atoms with Crippen LogP contribution < -0.4 is 0 Å². The molecule has 0 aliphatic carbocycles.